The highest BCUT2D eigenvalue weighted by Crippen LogP contribution is 2.47. The van der Waals surface area contributed by atoms with Crippen molar-refractivity contribution in [3.63, 3.8) is 0 Å². The van der Waals surface area contributed by atoms with Crippen LogP contribution in [0.2, 0.25) is 5.02 Å². The van der Waals surface area contributed by atoms with Crippen LogP contribution in [0.4, 0.5) is 0 Å². The number of rotatable bonds is 7. The molecule has 2 aromatic rings. The van der Waals surface area contributed by atoms with Crippen molar-refractivity contribution in [1.82, 2.24) is 15.1 Å². The van der Waals surface area contributed by atoms with Crippen molar-refractivity contribution in [3.8, 4) is 0 Å². The summed E-state index contributed by atoms with van der Waals surface area (Å²) in [5.74, 6) is 0.144. The highest BCUT2D eigenvalue weighted by atomic mass is 35.5. The summed E-state index contributed by atoms with van der Waals surface area (Å²) < 4.78 is 0. The average Bonchev–Trinajstić information content (AvgIpc) is 3.50. The second-order valence-corrected chi connectivity index (χ2v) is 8.54. The Morgan fingerprint density at radius 1 is 0.964 bits per heavy atom. The summed E-state index contributed by atoms with van der Waals surface area (Å²) in [5.41, 5.74) is 2.77. The molecular formula is C23H28ClN3O. The van der Waals surface area contributed by atoms with Crippen molar-refractivity contribution >= 4 is 17.5 Å². The Kier molecular flexibility index (Phi) is 6.00. The number of amides is 1. The number of benzene rings is 2. The minimum absolute atomic E-state index is 0.144. The largest absolute Gasteiger partial charge is 0.354 e. The number of halogens is 1. The lowest BCUT2D eigenvalue weighted by Crippen LogP contribution is -2.49. The first-order valence-corrected chi connectivity index (χ1v) is 10.5. The van der Waals surface area contributed by atoms with Crippen LogP contribution in [0.25, 0.3) is 0 Å². The molecule has 4 nitrogen and oxygen atoms in total. The second-order valence-electron chi connectivity index (χ2n) is 8.11. The monoisotopic (exact) mass is 397 g/mol. The van der Waals surface area contributed by atoms with E-state index < -0.39 is 0 Å². The van der Waals surface area contributed by atoms with Gasteiger partial charge in [0.2, 0.25) is 5.91 Å². The summed E-state index contributed by atoms with van der Waals surface area (Å²) in [6.07, 6.45) is 2.33. The van der Waals surface area contributed by atoms with Crippen LogP contribution in [0.1, 0.15) is 24.0 Å². The minimum atomic E-state index is 0.144. The zero-order valence-electron chi connectivity index (χ0n) is 16.2. The fourth-order valence-electron chi connectivity index (χ4n) is 4.04. The van der Waals surface area contributed by atoms with Crippen LogP contribution in [0, 0.1) is 0 Å². The maximum atomic E-state index is 12.4. The van der Waals surface area contributed by atoms with Crippen molar-refractivity contribution in [1.29, 1.82) is 0 Å². The van der Waals surface area contributed by atoms with E-state index >= 15 is 0 Å². The number of piperazine rings is 1. The molecule has 0 radical (unpaired) electrons. The summed E-state index contributed by atoms with van der Waals surface area (Å²) in [6.45, 7) is 5.98. The van der Waals surface area contributed by atoms with E-state index in [0.29, 0.717) is 6.54 Å². The van der Waals surface area contributed by atoms with Crippen LogP contribution in [0.3, 0.4) is 0 Å². The van der Waals surface area contributed by atoms with Gasteiger partial charge in [0.15, 0.2) is 0 Å². The van der Waals surface area contributed by atoms with Gasteiger partial charge in [-0.1, -0.05) is 54.1 Å². The Bertz CT molecular complexity index is 799. The molecule has 28 heavy (non-hydrogen) atoms. The molecule has 0 unspecified atom stereocenters. The van der Waals surface area contributed by atoms with Gasteiger partial charge in [-0.05, 0) is 36.1 Å². The Balaban J connectivity index is 1.19. The van der Waals surface area contributed by atoms with E-state index in [0.717, 1.165) is 44.3 Å². The molecule has 2 fully saturated rings. The van der Waals surface area contributed by atoms with Crippen LogP contribution >= 0.6 is 11.6 Å². The number of hydrogen-bond donors (Lipinski definition) is 1. The number of carbonyl (C=O) groups excluding carboxylic acids is 1. The molecule has 4 rings (SSSR count). The van der Waals surface area contributed by atoms with Gasteiger partial charge in [-0.15, -0.1) is 0 Å². The SMILES string of the molecule is O=C(CN1CCN(Cc2cccc(Cl)c2)CC1)NCC1(c2ccccc2)CC1. The molecule has 1 saturated carbocycles. The lowest BCUT2D eigenvalue weighted by Gasteiger charge is -2.34. The summed E-state index contributed by atoms with van der Waals surface area (Å²) >= 11 is 6.08. The Morgan fingerprint density at radius 2 is 1.68 bits per heavy atom. The standard InChI is InChI=1S/C23H28ClN3O/c24-21-8-4-5-19(15-21)16-26-11-13-27(14-12-26)17-22(28)25-18-23(9-10-23)20-6-2-1-3-7-20/h1-8,15H,9-14,16-18H2,(H,25,28). The molecular weight excluding hydrogens is 370 g/mol. The van der Waals surface area contributed by atoms with E-state index in [1.54, 1.807) is 0 Å². The first-order chi connectivity index (χ1) is 13.6. The van der Waals surface area contributed by atoms with Crippen molar-refractivity contribution in [3.05, 3.63) is 70.7 Å². The fraction of sp³-hybridized carbons (Fsp3) is 0.435. The van der Waals surface area contributed by atoms with Gasteiger partial charge >= 0.3 is 0 Å². The van der Waals surface area contributed by atoms with E-state index in [1.165, 1.54) is 24.0 Å². The minimum Gasteiger partial charge on any atom is -0.354 e. The predicted molar refractivity (Wildman–Crippen MR) is 114 cm³/mol. The lowest BCUT2D eigenvalue weighted by molar-refractivity contribution is -0.122. The molecule has 1 aliphatic heterocycles. The molecule has 2 aromatic carbocycles. The lowest BCUT2D eigenvalue weighted by atomic mass is 9.96. The van der Waals surface area contributed by atoms with Gasteiger partial charge in [0.05, 0.1) is 6.54 Å². The predicted octanol–water partition coefficient (Wildman–Crippen LogP) is 3.31. The zero-order chi connectivity index (χ0) is 19.4. The van der Waals surface area contributed by atoms with Gasteiger partial charge in [-0.25, -0.2) is 0 Å². The maximum absolute atomic E-state index is 12.4. The Hall–Kier alpha value is -1.88. The van der Waals surface area contributed by atoms with Gasteiger partial charge < -0.3 is 5.32 Å². The van der Waals surface area contributed by atoms with Crippen LogP contribution in [0.5, 0.6) is 0 Å². The molecule has 0 bridgehead atoms. The molecule has 0 spiro atoms. The first kappa shape index (κ1) is 19.4. The number of nitrogens with one attached hydrogen (secondary N) is 1. The fourth-order valence-corrected chi connectivity index (χ4v) is 4.25. The van der Waals surface area contributed by atoms with Crippen LogP contribution in [-0.4, -0.2) is 55.0 Å². The topological polar surface area (TPSA) is 35.6 Å². The smallest absolute Gasteiger partial charge is 0.234 e. The molecule has 1 aliphatic carbocycles. The number of carbonyl (C=O) groups is 1. The van der Waals surface area contributed by atoms with Crippen molar-refractivity contribution in [2.24, 2.45) is 0 Å². The molecule has 1 heterocycles. The van der Waals surface area contributed by atoms with E-state index in [2.05, 4.69) is 45.4 Å². The molecule has 0 atom stereocenters. The molecule has 1 saturated heterocycles. The van der Waals surface area contributed by atoms with Gasteiger partial charge in [0.25, 0.3) is 0 Å². The highest BCUT2D eigenvalue weighted by molar-refractivity contribution is 6.30. The molecule has 2 aliphatic rings. The zero-order valence-corrected chi connectivity index (χ0v) is 17.0. The Labute approximate surface area is 172 Å². The third kappa shape index (κ3) is 4.93. The number of hydrogen-bond acceptors (Lipinski definition) is 3. The van der Waals surface area contributed by atoms with Gasteiger partial charge in [0, 0.05) is 49.7 Å². The Morgan fingerprint density at radius 3 is 2.36 bits per heavy atom. The first-order valence-electron chi connectivity index (χ1n) is 10.1. The quantitative estimate of drug-likeness (QED) is 0.778. The normalized spacial score (nSPS) is 19.3. The van der Waals surface area contributed by atoms with Crippen molar-refractivity contribution < 1.29 is 4.79 Å². The summed E-state index contributed by atoms with van der Waals surface area (Å²) in [5, 5.41) is 3.97. The summed E-state index contributed by atoms with van der Waals surface area (Å²) in [6, 6.07) is 18.6. The van der Waals surface area contributed by atoms with Crippen molar-refractivity contribution in [2.75, 3.05) is 39.3 Å². The molecule has 148 valence electrons. The van der Waals surface area contributed by atoms with Gasteiger partial charge in [0.1, 0.15) is 0 Å². The van der Waals surface area contributed by atoms with Crippen LogP contribution in [-0.2, 0) is 16.8 Å². The number of nitrogens with zero attached hydrogens (tertiary/aromatic N) is 2. The van der Waals surface area contributed by atoms with Gasteiger partial charge in [-0.2, -0.15) is 0 Å². The average molecular weight is 398 g/mol. The van der Waals surface area contributed by atoms with Gasteiger partial charge in [-0.3, -0.25) is 14.6 Å². The third-order valence-electron chi connectivity index (χ3n) is 5.99. The second kappa shape index (κ2) is 8.64. The van der Waals surface area contributed by atoms with Crippen LogP contribution < -0.4 is 5.32 Å². The van der Waals surface area contributed by atoms with Crippen LogP contribution in [0.15, 0.2) is 54.6 Å². The highest BCUT2D eigenvalue weighted by Gasteiger charge is 2.44. The third-order valence-corrected chi connectivity index (χ3v) is 6.23. The molecule has 0 aromatic heterocycles. The summed E-state index contributed by atoms with van der Waals surface area (Å²) in [7, 11) is 0. The van der Waals surface area contributed by atoms with E-state index in [4.69, 9.17) is 11.6 Å². The summed E-state index contributed by atoms with van der Waals surface area (Å²) in [4.78, 5) is 17.1. The maximum Gasteiger partial charge on any atom is 0.234 e. The van der Waals surface area contributed by atoms with E-state index in [-0.39, 0.29) is 11.3 Å². The molecule has 1 amide bonds. The van der Waals surface area contributed by atoms with E-state index in [9.17, 15) is 4.79 Å². The molecule has 5 heteroatoms. The molecule has 1 N–H and O–H groups in total. The van der Waals surface area contributed by atoms with E-state index in [1.807, 2.05) is 24.3 Å². The van der Waals surface area contributed by atoms with Crippen molar-refractivity contribution in [2.45, 2.75) is 24.8 Å².